The fourth-order valence-corrected chi connectivity index (χ4v) is 3.51. The maximum Gasteiger partial charge on any atom is 0.416 e. The smallest absolute Gasteiger partial charge is 0.416 e. The molecule has 0 saturated carbocycles. The molecule has 0 radical (unpaired) electrons. The van der Waals surface area contributed by atoms with Gasteiger partial charge in [0.25, 0.3) is 5.91 Å². The Morgan fingerprint density at radius 1 is 0.667 bits per heavy atom. The SMILES string of the molecule is CNC(=O)[C@@](C(=O)OC(C)(C)C)(N(C(=O)OC(C)(C)C)c1ccccc1)C(C)(C)C(=O)OC(C)(C)C. The number of ether oxygens (including phenoxy) is 3. The largest absolute Gasteiger partial charge is 0.459 e. The minimum absolute atomic E-state index is 0.151. The molecule has 0 bridgehead atoms. The lowest BCUT2D eigenvalue weighted by Gasteiger charge is -2.48. The number of nitrogens with zero attached hydrogens (tertiary/aromatic N) is 1. The van der Waals surface area contributed by atoms with E-state index in [1.165, 1.54) is 33.0 Å². The van der Waals surface area contributed by atoms with Crippen LogP contribution in [0.2, 0.25) is 0 Å². The lowest BCUT2D eigenvalue weighted by Crippen LogP contribution is -2.75. The third-order valence-corrected chi connectivity index (χ3v) is 4.99. The summed E-state index contributed by atoms with van der Waals surface area (Å²) in [6, 6.07) is 8.06. The number of esters is 2. The molecule has 0 aliphatic rings. The number of nitrogens with one attached hydrogen (secondary N) is 1. The van der Waals surface area contributed by atoms with Crippen LogP contribution in [0.4, 0.5) is 10.5 Å². The maximum absolute atomic E-state index is 14.1. The average molecular weight is 507 g/mol. The van der Waals surface area contributed by atoms with Crippen LogP contribution in [0.1, 0.15) is 76.2 Å². The van der Waals surface area contributed by atoms with Gasteiger partial charge in [0.05, 0.1) is 0 Å². The van der Waals surface area contributed by atoms with Gasteiger partial charge in [-0.3, -0.25) is 14.5 Å². The average Bonchev–Trinajstić information content (AvgIpc) is 2.67. The summed E-state index contributed by atoms with van der Waals surface area (Å²) in [5.74, 6) is -2.93. The van der Waals surface area contributed by atoms with Crippen molar-refractivity contribution in [2.24, 2.45) is 5.41 Å². The Kier molecular flexibility index (Phi) is 9.01. The van der Waals surface area contributed by atoms with E-state index in [0.29, 0.717) is 0 Å². The number of rotatable bonds is 6. The fourth-order valence-electron chi connectivity index (χ4n) is 3.51. The van der Waals surface area contributed by atoms with Crippen molar-refractivity contribution >= 4 is 29.6 Å². The Bertz CT molecular complexity index is 967. The number of hydrogen-bond donors (Lipinski definition) is 1. The van der Waals surface area contributed by atoms with E-state index in [1.807, 2.05) is 0 Å². The normalized spacial score (nSPS) is 14.2. The number of benzene rings is 1. The number of anilines is 1. The van der Waals surface area contributed by atoms with Gasteiger partial charge in [0, 0.05) is 12.7 Å². The van der Waals surface area contributed by atoms with Crippen LogP contribution in [0, 0.1) is 5.41 Å². The second-order valence-electron chi connectivity index (χ2n) is 12.1. The van der Waals surface area contributed by atoms with Gasteiger partial charge in [-0.1, -0.05) is 18.2 Å². The van der Waals surface area contributed by atoms with Crippen molar-refractivity contribution in [3.8, 4) is 0 Å². The lowest BCUT2D eigenvalue weighted by atomic mass is 9.69. The quantitative estimate of drug-likeness (QED) is 0.340. The first-order valence-corrected chi connectivity index (χ1v) is 11.9. The minimum Gasteiger partial charge on any atom is -0.459 e. The number of para-hydroxylation sites is 1. The van der Waals surface area contributed by atoms with E-state index in [0.717, 1.165) is 4.90 Å². The van der Waals surface area contributed by atoms with Gasteiger partial charge in [0.1, 0.15) is 22.2 Å². The van der Waals surface area contributed by atoms with Crippen molar-refractivity contribution in [2.75, 3.05) is 11.9 Å². The molecule has 1 atom stereocenters. The molecule has 9 heteroatoms. The molecule has 0 aliphatic carbocycles. The molecular formula is C27H42N2O7. The Balaban J connectivity index is 4.20. The van der Waals surface area contributed by atoms with Crippen LogP contribution in [-0.4, -0.2) is 53.3 Å². The topological polar surface area (TPSA) is 111 Å². The van der Waals surface area contributed by atoms with Crippen LogP contribution in [0.5, 0.6) is 0 Å². The Hall–Kier alpha value is -3.10. The third kappa shape index (κ3) is 6.98. The van der Waals surface area contributed by atoms with Gasteiger partial charge >= 0.3 is 18.0 Å². The number of carbonyl (C=O) groups excluding carboxylic acids is 4. The van der Waals surface area contributed by atoms with Gasteiger partial charge in [0.2, 0.25) is 5.54 Å². The molecule has 0 fully saturated rings. The van der Waals surface area contributed by atoms with Gasteiger partial charge in [-0.15, -0.1) is 0 Å². The first-order valence-electron chi connectivity index (χ1n) is 11.9. The molecule has 0 aliphatic heterocycles. The first kappa shape index (κ1) is 30.9. The molecule has 0 spiro atoms. The van der Waals surface area contributed by atoms with Crippen LogP contribution < -0.4 is 10.2 Å². The molecule has 9 nitrogen and oxygen atoms in total. The van der Waals surface area contributed by atoms with Crippen LogP contribution in [-0.2, 0) is 28.6 Å². The summed E-state index contributed by atoms with van der Waals surface area (Å²) >= 11 is 0. The molecule has 0 heterocycles. The van der Waals surface area contributed by atoms with Gasteiger partial charge in [-0.05, 0) is 88.3 Å². The number of likely N-dealkylation sites (N-methyl/N-ethyl adjacent to an activating group) is 1. The predicted molar refractivity (Wildman–Crippen MR) is 137 cm³/mol. The van der Waals surface area contributed by atoms with Crippen LogP contribution in [0.3, 0.4) is 0 Å². The van der Waals surface area contributed by atoms with E-state index in [9.17, 15) is 19.2 Å². The van der Waals surface area contributed by atoms with Crippen molar-refractivity contribution in [1.82, 2.24) is 5.32 Å². The molecule has 2 amide bonds. The van der Waals surface area contributed by atoms with Crippen molar-refractivity contribution in [3.05, 3.63) is 30.3 Å². The standard InChI is InChI=1S/C27H42N2O7/c1-23(2,3)34-20(31)26(10,11)27(19(30)28-12,21(32)35-24(4,5)6)29(18-16-14-13-15-17-18)22(33)36-25(7,8)9/h13-17H,1-12H3,(H,28,30)/t27-/m0/s1. The van der Waals surface area contributed by atoms with E-state index in [4.69, 9.17) is 14.2 Å². The zero-order valence-corrected chi connectivity index (χ0v) is 23.7. The fraction of sp³-hybridized carbons (Fsp3) is 0.630. The molecule has 1 aromatic rings. The summed E-state index contributed by atoms with van der Waals surface area (Å²) in [6.07, 6.45) is -1.01. The van der Waals surface area contributed by atoms with E-state index >= 15 is 0 Å². The number of carbonyl (C=O) groups is 4. The zero-order chi connectivity index (χ0) is 28.3. The van der Waals surface area contributed by atoms with E-state index < -0.39 is 51.7 Å². The monoisotopic (exact) mass is 506 g/mol. The molecule has 0 saturated heterocycles. The van der Waals surface area contributed by atoms with Gasteiger partial charge in [-0.2, -0.15) is 0 Å². The lowest BCUT2D eigenvalue weighted by molar-refractivity contribution is -0.184. The molecule has 1 aromatic carbocycles. The van der Waals surface area contributed by atoms with Gasteiger partial charge in [0.15, 0.2) is 0 Å². The van der Waals surface area contributed by atoms with Gasteiger partial charge < -0.3 is 19.5 Å². The van der Waals surface area contributed by atoms with E-state index in [2.05, 4.69) is 5.32 Å². The highest BCUT2D eigenvalue weighted by atomic mass is 16.6. The number of amides is 2. The molecule has 0 aromatic heterocycles. The van der Waals surface area contributed by atoms with E-state index in [-0.39, 0.29) is 5.69 Å². The van der Waals surface area contributed by atoms with E-state index in [1.54, 1.807) is 80.5 Å². The maximum atomic E-state index is 14.1. The summed E-state index contributed by atoms with van der Waals surface area (Å²) in [5, 5.41) is 2.47. The van der Waals surface area contributed by atoms with Crippen LogP contribution >= 0.6 is 0 Å². The van der Waals surface area contributed by atoms with Crippen molar-refractivity contribution in [2.45, 2.75) is 98.5 Å². The van der Waals surface area contributed by atoms with Crippen molar-refractivity contribution in [1.29, 1.82) is 0 Å². The summed E-state index contributed by atoms with van der Waals surface area (Å²) in [5.41, 5.74) is -7.34. The zero-order valence-electron chi connectivity index (χ0n) is 23.7. The first-order chi connectivity index (χ1) is 16.1. The molecule has 1 rings (SSSR count). The summed E-state index contributed by atoms with van der Waals surface area (Å²) in [6.45, 7) is 17.6. The van der Waals surface area contributed by atoms with Crippen LogP contribution in [0.25, 0.3) is 0 Å². The van der Waals surface area contributed by atoms with Crippen molar-refractivity contribution in [3.63, 3.8) is 0 Å². The number of hydrogen-bond acceptors (Lipinski definition) is 7. The summed E-state index contributed by atoms with van der Waals surface area (Å²) in [4.78, 5) is 56.4. The van der Waals surface area contributed by atoms with Gasteiger partial charge in [-0.25, -0.2) is 9.59 Å². The second-order valence-corrected chi connectivity index (χ2v) is 12.1. The highest BCUT2D eigenvalue weighted by Crippen LogP contribution is 2.44. The minimum atomic E-state index is -2.55. The highest BCUT2D eigenvalue weighted by Gasteiger charge is 2.69. The Morgan fingerprint density at radius 3 is 1.47 bits per heavy atom. The Labute approximate surface area is 214 Å². The highest BCUT2D eigenvalue weighted by molar-refractivity contribution is 6.19. The molecular weight excluding hydrogens is 464 g/mol. The van der Waals surface area contributed by atoms with Crippen molar-refractivity contribution < 1.29 is 33.4 Å². The Morgan fingerprint density at radius 2 is 1.08 bits per heavy atom. The predicted octanol–water partition coefficient (Wildman–Crippen LogP) is 4.62. The third-order valence-electron chi connectivity index (χ3n) is 4.99. The summed E-state index contributed by atoms with van der Waals surface area (Å²) in [7, 11) is 1.31. The second kappa shape index (κ2) is 10.5. The molecule has 1 N–H and O–H groups in total. The molecule has 0 unspecified atom stereocenters. The summed E-state index contributed by atoms with van der Waals surface area (Å²) < 4.78 is 17.0. The molecule has 202 valence electrons. The molecule has 36 heavy (non-hydrogen) atoms. The van der Waals surface area contributed by atoms with Crippen LogP contribution in [0.15, 0.2) is 30.3 Å².